The molecule has 0 aliphatic carbocycles. The minimum Gasteiger partial charge on any atom is -0.463 e. The summed E-state index contributed by atoms with van der Waals surface area (Å²) in [4.78, 5) is 8.18. The van der Waals surface area contributed by atoms with Crippen LogP contribution < -0.4 is 4.74 Å². The van der Waals surface area contributed by atoms with E-state index in [4.69, 9.17) is 14.6 Å². The van der Waals surface area contributed by atoms with Gasteiger partial charge >= 0.3 is 6.01 Å². The van der Waals surface area contributed by atoms with Crippen molar-refractivity contribution in [3.05, 3.63) is 17.5 Å². The molecule has 0 bridgehead atoms. The van der Waals surface area contributed by atoms with E-state index in [9.17, 15) is 0 Å². The van der Waals surface area contributed by atoms with E-state index < -0.39 is 0 Å². The Kier molecular flexibility index (Phi) is 4.84. The van der Waals surface area contributed by atoms with Gasteiger partial charge in [-0.25, -0.2) is 9.97 Å². The van der Waals surface area contributed by atoms with Crippen LogP contribution in [-0.4, -0.2) is 34.4 Å². The number of methoxy groups -OCH3 is 1. The molecule has 0 unspecified atom stereocenters. The van der Waals surface area contributed by atoms with Gasteiger partial charge in [0.1, 0.15) is 0 Å². The fourth-order valence-corrected chi connectivity index (χ4v) is 1.19. The van der Waals surface area contributed by atoms with Crippen molar-refractivity contribution in [3.8, 4) is 6.01 Å². The standard InChI is InChI=1S/C12H20N2O3/c1-9-10(8-15)7-13-11(14-9)17-6-5-12(2,3)16-4/h7,15H,5-6,8H2,1-4H3. The molecule has 1 heterocycles. The number of aryl methyl sites for hydroxylation is 1. The average Bonchev–Trinajstić information content (AvgIpc) is 2.29. The Morgan fingerprint density at radius 1 is 1.41 bits per heavy atom. The first-order valence-electron chi connectivity index (χ1n) is 5.60. The van der Waals surface area contributed by atoms with Crippen LogP contribution in [0, 0.1) is 6.92 Å². The van der Waals surface area contributed by atoms with E-state index in [2.05, 4.69) is 9.97 Å². The molecule has 0 aromatic carbocycles. The number of hydrogen-bond acceptors (Lipinski definition) is 5. The Hall–Kier alpha value is -1.20. The van der Waals surface area contributed by atoms with Crippen molar-refractivity contribution >= 4 is 0 Å². The van der Waals surface area contributed by atoms with Crippen LogP contribution in [0.2, 0.25) is 0 Å². The van der Waals surface area contributed by atoms with Crippen LogP contribution in [0.3, 0.4) is 0 Å². The van der Waals surface area contributed by atoms with Gasteiger partial charge in [0.25, 0.3) is 0 Å². The van der Waals surface area contributed by atoms with Crippen LogP contribution in [0.1, 0.15) is 31.5 Å². The van der Waals surface area contributed by atoms with Gasteiger partial charge in [-0.05, 0) is 20.8 Å². The summed E-state index contributed by atoms with van der Waals surface area (Å²) >= 11 is 0. The lowest BCUT2D eigenvalue weighted by molar-refractivity contribution is 0.00465. The molecule has 1 N–H and O–H groups in total. The third-order valence-corrected chi connectivity index (χ3v) is 2.72. The molecule has 1 aromatic heterocycles. The zero-order valence-electron chi connectivity index (χ0n) is 10.9. The predicted molar refractivity (Wildman–Crippen MR) is 63.9 cm³/mol. The Morgan fingerprint density at radius 2 is 2.12 bits per heavy atom. The number of nitrogens with zero attached hydrogens (tertiary/aromatic N) is 2. The molecule has 0 spiro atoms. The summed E-state index contributed by atoms with van der Waals surface area (Å²) in [5, 5.41) is 8.99. The molecule has 0 saturated carbocycles. The molecule has 0 radical (unpaired) electrons. The number of aliphatic hydroxyl groups is 1. The van der Waals surface area contributed by atoms with Crippen LogP contribution >= 0.6 is 0 Å². The van der Waals surface area contributed by atoms with E-state index in [-0.39, 0.29) is 12.2 Å². The molecule has 1 aromatic rings. The quantitative estimate of drug-likeness (QED) is 0.815. The van der Waals surface area contributed by atoms with Gasteiger partial charge in [0.05, 0.1) is 24.5 Å². The molecule has 0 aliphatic heterocycles. The van der Waals surface area contributed by atoms with Crippen LogP contribution in [0.5, 0.6) is 6.01 Å². The van der Waals surface area contributed by atoms with Gasteiger partial charge in [-0.15, -0.1) is 0 Å². The van der Waals surface area contributed by atoms with Crippen molar-refractivity contribution in [1.29, 1.82) is 0 Å². The fraction of sp³-hybridized carbons (Fsp3) is 0.667. The van der Waals surface area contributed by atoms with E-state index in [0.717, 1.165) is 17.7 Å². The van der Waals surface area contributed by atoms with E-state index in [0.29, 0.717) is 12.6 Å². The molecule has 0 fully saturated rings. The number of aromatic nitrogens is 2. The second kappa shape index (κ2) is 5.93. The summed E-state index contributed by atoms with van der Waals surface area (Å²) in [6, 6.07) is 0.339. The van der Waals surface area contributed by atoms with Gasteiger partial charge in [0.15, 0.2) is 0 Å². The molecule has 0 saturated heterocycles. The minimum absolute atomic E-state index is 0.0528. The van der Waals surface area contributed by atoms with Crippen molar-refractivity contribution in [2.45, 2.75) is 39.4 Å². The Balaban J connectivity index is 2.50. The Bertz CT molecular complexity index is 367. The second-order valence-corrected chi connectivity index (χ2v) is 4.48. The van der Waals surface area contributed by atoms with Crippen LogP contribution in [-0.2, 0) is 11.3 Å². The Labute approximate surface area is 102 Å². The maximum Gasteiger partial charge on any atom is 0.316 e. The van der Waals surface area contributed by atoms with Crippen molar-refractivity contribution < 1.29 is 14.6 Å². The summed E-state index contributed by atoms with van der Waals surface area (Å²) < 4.78 is 10.7. The molecule has 17 heavy (non-hydrogen) atoms. The SMILES string of the molecule is COC(C)(C)CCOc1ncc(CO)c(C)n1. The highest BCUT2D eigenvalue weighted by Gasteiger charge is 2.16. The van der Waals surface area contributed by atoms with E-state index in [1.807, 2.05) is 20.8 Å². The topological polar surface area (TPSA) is 64.5 Å². The van der Waals surface area contributed by atoms with Gasteiger partial charge in [-0.3, -0.25) is 0 Å². The molecule has 1 rings (SSSR count). The van der Waals surface area contributed by atoms with Crippen LogP contribution in [0.15, 0.2) is 6.20 Å². The highest BCUT2D eigenvalue weighted by atomic mass is 16.5. The predicted octanol–water partition coefficient (Wildman–Crippen LogP) is 1.47. The minimum atomic E-state index is -0.208. The highest BCUT2D eigenvalue weighted by molar-refractivity contribution is 5.16. The normalized spacial score (nSPS) is 11.6. The van der Waals surface area contributed by atoms with Gasteiger partial charge in [0.2, 0.25) is 0 Å². The summed E-state index contributed by atoms with van der Waals surface area (Å²) in [7, 11) is 1.68. The van der Waals surface area contributed by atoms with Crippen molar-refractivity contribution in [2.75, 3.05) is 13.7 Å². The van der Waals surface area contributed by atoms with Gasteiger partial charge < -0.3 is 14.6 Å². The first kappa shape index (κ1) is 13.9. The summed E-state index contributed by atoms with van der Waals surface area (Å²) in [6.07, 6.45) is 2.34. The first-order chi connectivity index (χ1) is 7.98. The molecule has 96 valence electrons. The molecule has 5 nitrogen and oxygen atoms in total. The van der Waals surface area contributed by atoms with E-state index in [1.165, 1.54) is 0 Å². The number of hydrogen-bond donors (Lipinski definition) is 1. The smallest absolute Gasteiger partial charge is 0.316 e. The lowest BCUT2D eigenvalue weighted by Crippen LogP contribution is -2.25. The third kappa shape index (κ3) is 4.28. The highest BCUT2D eigenvalue weighted by Crippen LogP contribution is 2.14. The van der Waals surface area contributed by atoms with Crippen molar-refractivity contribution in [1.82, 2.24) is 9.97 Å². The lowest BCUT2D eigenvalue weighted by Gasteiger charge is -2.22. The molecule has 5 heteroatoms. The van der Waals surface area contributed by atoms with Crippen molar-refractivity contribution in [3.63, 3.8) is 0 Å². The summed E-state index contributed by atoms with van der Waals surface area (Å²) in [6.45, 7) is 6.26. The number of ether oxygens (including phenoxy) is 2. The maximum atomic E-state index is 8.99. The Morgan fingerprint density at radius 3 is 2.65 bits per heavy atom. The summed E-state index contributed by atoms with van der Waals surface area (Å²) in [5.41, 5.74) is 1.25. The zero-order valence-corrected chi connectivity index (χ0v) is 10.9. The van der Waals surface area contributed by atoms with Gasteiger partial charge in [-0.2, -0.15) is 0 Å². The number of aliphatic hydroxyl groups excluding tert-OH is 1. The maximum absolute atomic E-state index is 8.99. The summed E-state index contributed by atoms with van der Waals surface area (Å²) in [5.74, 6) is 0. The van der Waals surface area contributed by atoms with Crippen LogP contribution in [0.4, 0.5) is 0 Å². The second-order valence-electron chi connectivity index (χ2n) is 4.48. The van der Waals surface area contributed by atoms with E-state index in [1.54, 1.807) is 13.3 Å². The lowest BCUT2D eigenvalue weighted by atomic mass is 10.1. The van der Waals surface area contributed by atoms with Gasteiger partial charge in [-0.1, -0.05) is 0 Å². The van der Waals surface area contributed by atoms with Crippen LogP contribution in [0.25, 0.3) is 0 Å². The molecule has 0 amide bonds. The van der Waals surface area contributed by atoms with Crippen molar-refractivity contribution in [2.24, 2.45) is 0 Å². The van der Waals surface area contributed by atoms with Gasteiger partial charge in [0, 0.05) is 25.3 Å². The first-order valence-corrected chi connectivity index (χ1v) is 5.60. The zero-order chi connectivity index (χ0) is 12.9. The largest absolute Gasteiger partial charge is 0.463 e. The molecule has 0 aliphatic rings. The third-order valence-electron chi connectivity index (χ3n) is 2.72. The fourth-order valence-electron chi connectivity index (χ4n) is 1.19. The molecular formula is C12H20N2O3. The molecular weight excluding hydrogens is 220 g/mol. The van der Waals surface area contributed by atoms with E-state index >= 15 is 0 Å². The monoisotopic (exact) mass is 240 g/mol. The average molecular weight is 240 g/mol. The number of rotatable bonds is 6. The molecule has 0 atom stereocenters.